The lowest BCUT2D eigenvalue weighted by Crippen LogP contribution is -2.01. The van der Waals surface area contributed by atoms with Gasteiger partial charge in [0, 0.05) is 93.2 Å². The van der Waals surface area contributed by atoms with Crippen molar-refractivity contribution < 1.29 is 0 Å². The summed E-state index contributed by atoms with van der Waals surface area (Å²) in [6, 6.07) is 45.6. The van der Waals surface area contributed by atoms with Crippen LogP contribution >= 0.6 is 0 Å². The molecule has 8 bridgehead atoms. The fourth-order valence-electron chi connectivity index (χ4n) is 17.6. The quantitative estimate of drug-likeness (QED) is 0.0212. The molecule has 0 radical (unpaired) electrons. The topological polar surface area (TPSA) is 105 Å². The molecule has 8 nitrogen and oxygen atoms in total. The fraction of sp³-hybridized carbons (Fsp3) is 0.593. The van der Waals surface area contributed by atoms with Crippen molar-refractivity contribution >= 4 is 69.1 Å². The lowest BCUT2D eigenvalue weighted by Gasteiger charge is -2.10. The Bertz CT molecular complexity index is 3420. The van der Waals surface area contributed by atoms with Crippen molar-refractivity contribution in [2.24, 2.45) is 0 Å². The highest BCUT2D eigenvalue weighted by molar-refractivity contribution is 6.00. The number of nitrogens with zero attached hydrogens (tertiary/aromatic N) is 2. The monoisotopic (exact) mass is 1570 g/mol. The highest BCUT2D eigenvalue weighted by Crippen LogP contribution is 2.40. The van der Waals surface area contributed by atoms with Gasteiger partial charge in [-0.2, -0.15) is 0 Å². The maximum absolute atomic E-state index is 5.75. The van der Waals surface area contributed by atoms with Crippen molar-refractivity contribution in [3.05, 3.63) is 144 Å². The van der Waals surface area contributed by atoms with Gasteiger partial charge in [-0.1, -0.05) is 410 Å². The van der Waals surface area contributed by atoms with Crippen LogP contribution in [0.3, 0.4) is 0 Å². The van der Waals surface area contributed by atoms with Gasteiger partial charge in [-0.05, 0) is 145 Å². The van der Waals surface area contributed by atoms with E-state index < -0.39 is 0 Å². The largest absolute Gasteiger partial charge is 0.385 e. The van der Waals surface area contributed by atoms with Crippen molar-refractivity contribution in [3.63, 3.8) is 0 Å². The Kier molecular flexibility index (Phi) is 46.7. The smallest absolute Gasteiger partial charge is 0.0737 e. The summed E-state index contributed by atoms with van der Waals surface area (Å²) in [7, 11) is 0. The van der Waals surface area contributed by atoms with E-state index in [0.29, 0.717) is 0 Å². The van der Waals surface area contributed by atoms with Gasteiger partial charge >= 0.3 is 0 Å². The molecule has 8 heteroatoms. The number of rotatable bonds is 68. The van der Waals surface area contributed by atoms with Gasteiger partial charge in [0.15, 0.2) is 0 Å². The average molecular weight is 1570 g/mol. The van der Waals surface area contributed by atoms with E-state index in [1.165, 1.54) is 360 Å². The summed E-state index contributed by atoms with van der Waals surface area (Å²) in [5.41, 5.74) is 21.1. The first kappa shape index (κ1) is 92.6. The maximum atomic E-state index is 5.75. The van der Waals surface area contributed by atoms with Crippen LogP contribution in [0.2, 0.25) is 0 Å². The van der Waals surface area contributed by atoms with E-state index >= 15 is 0 Å². The number of hydrogen-bond acceptors (Lipinski definition) is 6. The number of nitrogens with one attached hydrogen (secondary N) is 6. The van der Waals surface area contributed by atoms with Crippen molar-refractivity contribution in [1.82, 2.24) is 19.9 Å². The molecule has 0 saturated carbocycles. The summed E-state index contributed by atoms with van der Waals surface area (Å²) in [5.74, 6) is 0. The van der Waals surface area contributed by atoms with Crippen molar-refractivity contribution in [2.75, 3.05) is 47.4 Å². The molecule has 7 aromatic rings. The van der Waals surface area contributed by atoms with Crippen LogP contribution in [-0.2, 0) is 0 Å². The average Bonchev–Trinajstić information content (AvgIpc) is 1.63. The molecule has 6 N–H and O–H groups in total. The van der Waals surface area contributed by atoms with Crippen LogP contribution in [0.25, 0.3) is 90.9 Å². The van der Waals surface area contributed by atoms with Gasteiger partial charge < -0.3 is 31.2 Å². The number of unbranched alkanes of at least 4 members (excludes halogenated alkanes) is 52. The van der Waals surface area contributed by atoms with Crippen LogP contribution in [0, 0.1) is 0 Å². The van der Waals surface area contributed by atoms with Gasteiger partial charge in [0.1, 0.15) is 0 Å². The Morgan fingerprint density at radius 2 is 0.328 bits per heavy atom. The van der Waals surface area contributed by atoms with E-state index in [0.717, 1.165) is 138 Å². The van der Waals surface area contributed by atoms with Gasteiger partial charge in [-0.25, -0.2) is 9.97 Å². The summed E-state index contributed by atoms with van der Waals surface area (Å²) >= 11 is 0. The molecular formula is C108H162N8. The molecule has 9 rings (SSSR count). The Morgan fingerprint density at radius 1 is 0.181 bits per heavy atom. The molecule has 0 saturated heterocycles. The molecule has 116 heavy (non-hydrogen) atoms. The second-order valence-electron chi connectivity index (χ2n) is 34.9. The third-order valence-corrected chi connectivity index (χ3v) is 24.9. The molecule has 0 amide bonds. The Balaban J connectivity index is 0.964. The van der Waals surface area contributed by atoms with Crippen LogP contribution in [0.4, 0.5) is 22.7 Å². The zero-order chi connectivity index (χ0) is 80.6. The van der Waals surface area contributed by atoms with E-state index in [2.05, 4.69) is 205 Å². The lowest BCUT2D eigenvalue weighted by atomic mass is 10.0. The normalized spacial score (nSPS) is 11.9. The van der Waals surface area contributed by atoms with E-state index in [9.17, 15) is 0 Å². The molecule has 2 aliphatic heterocycles. The standard InChI is InChI=1S/C108H162N8/c1-5-9-13-17-21-25-29-33-37-41-45-49-53-57-85-109-93-69-61-89(62-70-93)105-97-77-79-99(113-97)106(90-63-71-94(72-64-90)110-86-58-54-50-46-42-38-34-30-26-22-18-14-10-6-2)101-81-83-103(115-101)108(92-67-75-96(76-68-92)112-88-60-56-52-48-44-40-36-32-28-24-20-16-12-8-4)104-84-82-102(116-104)107(100-80-78-98(105)114-100)91-65-73-95(74-66-91)111-87-59-55-51-47-43-39-35-31-27-23-19-15-11-7-3/h61-84,109-113,116H,5-60,85-88H2,1-4H3. The molecule has 2 aliphatic rings. The number of aromatic amines is 2. The number of H-pyrrole nitrogens is 2. The SMILES string of the molecule is CCCCCCCCCCCCCCCCNc1ccc(-c2c3nc(c(-c4ccc(NCCCCCCCCCCCCCCCC)cc4)c4ccc([nH]4)c(-c4ccc(NCCCCCCCCCCCCCCCC)cc4)c4nc(c(-c5ccc(NCCCCCCCCCCCCCCCC)cc5)c5ccc2[nH]5)C=C4)C=C3)cc1. The van der Waals surface area contributed by atoms with E-state index in [1.807, 2.05) is 0 Å². The first-order chi connectivity index (χ1) is 57.5. The predicted octanol–water partition coefficient (Wildman–Crippen LogP) is 34.9. The third-order valence-electron chi connectivity index (χ3n) is 24.9. The predicted molar refractivity (Wildman–Crippen MR) is 516 cm³/mol. The second-order valence-corrected chi connectivity index (χ2v) is 34.9. The number of fused-ring (bicyclic) bond motifs is 8. The minimum absolute atomic E-state index is 0.925. The third kappa shape index (κ3) is 34.9. The second kappa shape index (κ2) is 58.5. The highest BCUT2D eigenvalue weighted by Gasteiger charge is 2.20. The van der Waals surface area contributed by atoms with Gasteiger partial charge in [-0.15, -0.1) is 0 Å². The lowest BCUT2D eigenvalue weighted by molar-refractivity contribution is 0.537. The zero-order valence-electron chi connectivity index (χ0n) is 74.2. The van der Waals surface area contributed by atoms with E-state index in [1.54, 1.807) is 0 Å². The van der Waals surface area contributed by atoms with Crippen LogP contribution in [0.5, 0.6) is 0 Å². The fourth-order valence-corrected chi connectivity index (χ4v) is 17.6. The molecular weight excluding hydrogens is 1410 g/mol. The molecule has 0 spiro atoms. The summed E-state index contributed by atoms with van der Waals surface area (Å²) in [6.45, 7) is 13.2. The molecule has 0 aliphatic carbocycles. The van der Waals surface area contributed by atoms with Gasteiger partial charge in [0.25, 0.3) is 0 Å². The van der Waals surface area contributed by atoms with Crippen molar-refractivity contribution in [2.45, 2.75) is 387 Å². The van der Waals surface area contributed by atoms with Crippen LogP contribution < -0.4 is 21.3 Å². The minimum Gasteiger partial charge on any atom is -0.385 e. The maximum Gasteiger partial charge on any atom is 0.0737 e. The van der Waals surface area contributed by atoms with Crippen LogP contribution in [0.1, 0.15) is 410 Å². The molecule has 0 fully saturated rings. The molecule has 0 atom stereocenters. The summed E-state index contributed by atoms with van der Waals surface area (Å²) < 4.78 is 0. The highest BCUT2D eigenvalue weighted by atomic mass is 14.9. The van der Waals surface area contributed by atoms with Crippen molar-refractivity contribution in [1.29, 1.82) is 0 Å². The molecule has 5 heterocycles. The molecule has 0 unspecified atom stereocenters. The Labute approximate surface area is 708 Å². The number of hydrogen-bond donors (Lipinski definition) is 6. The summed E-state index contributed by atoms with van der Waals surface area (Å²) in [5, 5.41) is 15.2. The van der Waals surface area contributed by atoms with Gasteiger partial charge in [0.05, 0.1) is 22.8 Å². The molecule has 3 aromatic heterocycles. The Morgan fingerprint density at radius 3 is 0.483 bits per heavy atom. The van der Waals surface area contributed by atoms with Crippen molar-refractivity contribution in [3.8, 4) is 44.5 Å². The number of benzene rings is 4. The Hall–Kier alpha value is -7.32. The van der Waals surface area contributed by atoms with Crippen LogP contribution in [-0.4, -0.2) is 46.1 Å². The first-order valence-corrected chi connectivity index (χ1v) is 49.1. The van der Waals surface area contributed by atoms with Crippen LogP contribution in [0.15, 0.2) is 121 Å². The number of anilines is 4. The number of aromatic nitrogens is 4. The molecule has 634 valence electrons. The molecule has 4 aromatic carbocycles. The zero-order valence-corrected chi connectivity index (χ0v) is 74.2. The van der Waals surface area contributed by atoms with E-state index in [4.69, 9.17) is 9.97 Å². The first-order valence-electron chi connectivity index (χ1n) is 49.1. The van der Waals surface area contributed by atoms with E-state index in [-0.39, 0.29) is 0 Å². The minimum atomic E-state index is 0.925. The van der Waals surface area contributed by atoms with Gasteiger partial charge in [-0.3, -0.25) is 0 Å². The summed E-state index contributed by atoms with van der Waals surface area (Å²) in [6.07, 6.45) is 85.6. The van der Waals surface area contributed by atoms with Gasteiger partial charge in [0.2, 0.25) is 0 Å². The summed E-state index contributed by atoms with van der Waals surface area (Å²) in [4.78, 5) is 19.6.